The zero-order chi connectivity index (χ0) is 27.5. The van der Waals surface area contributed by atoms with Crippen LogP contribution >= 0.6 is 0 Å². The Morgan fingerprint density at radius 2 is 1.63 bits per heavy atom. The van der Waals surface area contributed by atoms with Gasteiger partial charge in [0.15, 0.2) is 18.0 Å². The van der Waals surface area contributed by atoms with E-state index in [1.165, 1.54) is 25.5 Å². The van der Waals surface area contributed by atoms with Crippen LogP contribution in [0, 0.1) is 17.3 Å². The van der Waals surface area contributed by atoms with Crippen molar-refractivity contribution in [2.45, 2.75) is 77.0 Å². The molecule has 2 heterocycles. The summed E-state index contributed by atoms with van der Waals surface area (Å²) in [7, 11) is 0. The molecule has 1 spiro atoms. The van der Waals surface area contributed by atoms with E-state index in [9.17, 15) is 19.2 Å². The van der Waals surface area contributed by atoms with Gasteiger partial charge in [-0.2, -0.15) is 0 Å². The van der Waals surface area contributed by atoms with Gasteiger partial charge in [-0.15, -0.1) is 0 Å². The molecule has 9 nitrogen and oxygen atoms in total. The Morgan fingerprint density at radius 3 is 2.26 bits per heavy atom. The number of carbonyl (C=O) groups excluding carboxylic acids is 4. The van der Waals surface area contributed by atoms with E-state index in [4.69, 9.17) is 23.4 Å². The van der Waals surface area contributed by atoms with Crippen molar-refractivity contribution < 1.29 is 42.5 Å². The van der Waals surface area contributed by atoms with E-state index in [1.807, 2.05) is 20.8 Å². The fraction of sp³-hybridized carbons (Fsp3) is 0.517. The molecule has 1 aromatic heterocycles. The quantitative estimate of drug-likeness (QED) is 0.420. The predicted octanol–water partition coefficient (Wildman–Crippen LogP) is 4.15. The Morgan fingerprint density at radius 1 is 0.947 bits per heavy atom. The number of esters is 3. The first kappa shape index (κ1) is 26.2. The Bertz CT molecular complexity index is 1250. The van der Waals surface area contributed by atoms with Crippen LogP contribution in [0.1, 0.15) is 68.2 Å². The maximum absolute atomic E-state index is 14.1. The van der Waals surface area contributed by atoms with Crippen LogP contribution in [0.15, 0.2) is 53.3 Å². The molecule has 2 aromatic rings. The number of furan rings is 1. The van der Waals surface area contributed by atoms with Crippen LogP contribution in [0.25, 0.3) is 0 Å². The van der Waals surface area contributed by atoms with Crippen molar-refractivity contribution in [2.75, 3.05) is 0 Å². The summed E-state index contributed by atoms with van der Waals surface area (Å²) in [5.74, 6) is -3.03. The molecular formula is C29H32O9. The van der Waals surface area contributed by atoms with Crippen molar-refractivity contribution in [2.24, 2.45) is 17.3 Å². The van der Waals surface area contributed by atoms with Crippen molar-refractivity contribution in [1.82, 2.24) is 0 Å². The van der Waals surface area contributed by atoms with Gasteiger partial charge in [-0.05, 0) is 57.7 Å². The fourth-order valence-corrected chi connectivity index (χ4v) is 6.89. The van der Waals surface area contributed by atoms with Crippen molar-refractivity contribution in [3.8, 4) is 0 Å². The van der Waals surface area contributed by atoms with E-state index in [-0.39, 0.29) is 22.8 Å². The molecule has 2 saturated carbocycles. The van der Waals surface area contributed by atoms with Gasteiger partial charge in [0.2, 0.25) is 0 Å². The minimum absolute atomic E-state index is 0.161. The molecule has 5 rings (SSSR count). The normalized spacial score (nSPS) is 35.2. The molecule has 2 bridgehead atoms. The smallest absolute Gasteiger partial charge is 0.341 e. The van der Waals surface area contributed by atoms with Gasteiger partial charge in [0.1, 0.15) is 12.4 Å². The molecule has 0 amide bonds. The Labute approximate surface area is 220 Å². The first-order chi connectivity index (χ1) is 17.9. The van der Waals surface area contributed by atoms with Crippen LogP contribution < -0.4 is 0 Å². The first-order valence-electron chi connectivity index (χ1n) is 12.8. The van der Waals surface area contributed by atoms with Gasteiger partial charge in [0, 0.05) is 6.92 Å². The molecule has 38 heavy (non-hydrogen) atoms. The number of fused-ring (bicyclic) bond motifs is 1. The highest BCUT2D eigenvalue weighted by atomic mass is 16.6. The topological polar surface area (TPSA) is 118 Å². The summed E-state index contributed by atoms with van der Waals surface area (Å²) in [6, 6.07) is 9.83. The lowest BCUT2D eigenvalue weighted by Gasteiger charge is -2.60. The first-order valence-corrected chi connectivity index (χ1v) is 12.8. The summed E-state index contributed by atoms with van der Waals surface area (Å²) in [5.41, 5.74) is -2.80. The van der Waals surface area contributed by atoms with E-state index >= 15 is 0 Å². The van der Waals surface area contributed by atoms with Crippen LogP contribution in [0.3, 0.4) is 0 Å². The molecule has 0 N–H and O–H groups in total. The lowest BCUT2D eigenvalue weighted by Crippen LogP contribution is -2.73. The largest absolute Gasteiger partial charge is 0.472 e. The third kappa shape index (κ3) is 3.86. The van der Waals surface area contributed by atoms with Gasteiger partial charge in [0.25, 0.3) is 0 Å². The summed E-state index contributed by atoms with van der Waals surface area (Å²) in [6.45, 7) is 8.68. The molecule has 2 aliphatic carbocycles. The highest BCUT2D eigenvalue weighted by Crippen LogP contribution is 2.66. The van der Waals surface area contributed by atoms with E-state index in [1.54, 1.807) is 37.3 Å². The minimum Gasteiger partial charge on any atom is -0.472 e. The molecule has 202 valence electrons. The number of hydrogen-bond acceptors (Lipinski definition) is 9. The molecule has 9 heteroatoms. The zero-order valence-electron chi connectivity index (χ0n) is 22.1. The van der Waals surface area contributed by atoms with Crippen molar-refractivity contribution in [3.63, 3.8) is 0 Å². The van der Waals surface area contributed by atoms with Gasteiger partial charge in [0.05, 0.1) is 39.9 Å². The van der Waals surface area contributed by atoms with Gasteiger partial charge in [-0.3, -0.25) is 9.59 Å². The van der Waals surface area contributed by atoms with E-state index in [2.05, 4.69) is 0 Å². The monoisotopic (exact) mass is 524 g/mol. The second-order valence-corrected chi connectivity index (χ2v) is 11.3. The predicted molar refractivity (Wildman–Crippen MR) is 132 cm³/mol. The van der Waals surface area contributed by atoms with Gasteiger partial charge in [-0.1, -0.05) is 25.1 Å². The SMILES string of the molecule is CC(=O)O[C@@H]1C[C@@H](C)[C@@]23C[C@@H](C(=O)[C@H](OC(=O)c4ccccc4)[C@]2(C)[C@H]1OC(=O)c1ccoc1)C(C)(C)O3. The molecule has 0 unspecified atom stereocenters. The van der Waals surface area contributed by atoms with Crippen molar-refractivity contribution in [3.05, 3.63) is 60.1 Å². The number of hydrogen-bond donors (Lipinski definition) is 0. The van der Waals surface area contributed by atoms with E-state index in [0.29, 0.717) is 12.8 Å². The second kappa shape index (κ2) is 9.08. The molecule has 3 aliphatic rings. The zero-order valence-corrected chi connectivity index (χ0v) is 22.1. The number of ether oxygens (including phenoxy) is 4. The summed E-state index contributed by atoms with van der Waals surface area (Å²) in [6.07, 6.45) is -0.0954. The number of carbonyl (C=O) groups is 4. The van der Waals surface area contributed by atoms with Crippen LogP contribution in [-0.2, 0) is 28.5 Å². The number of ketones is 1. The summed E-state index contributed by atoms with van der Waals surface area (Å²) in [4.78, 5) is 52.8. The molecular weight excluding hydrogens is 492 g/mol. The average Bonchev–Trinajstić information content (AvgIpc) is 3.49. The Kier molecular flexibility index (Phi) is 6.25. The molecule has 3 fully saturated rings. The highest BCUT2D eigenvalue weighted by Gasteiger charge is 2.78. The molecule has 7 atom stereocenters. The molecule has 0 radical (unpaired) electrons. The van der Waals surface area contributed by atoms with Crippen molar-refractivity contribution in [1.29, 1.82) is 0 Å². The Hall–Kier alpha value is -3.46. The second-order valence-electron chi connectivity index (χ2n) is 11.3. The molecule has 1 aliphatic heterocycles. The van der Waals surface area contributed by atoms with Gasteiger partial charge < -0.3 is 23.4 Å². The highest BCUT2D eigenvalue weighted by molar-refractivity contribution is 5.95. The fourth-order valence-electron chi connectivity index (χ4n) is 6.89. The Balaban J connectivity index is 1.65. The van der Waals surface area contributed by atoms with E-state index < -0.39 is 58.8 Å². The maximum atomic E-state index is 14.1. The summed E-state index contributed by atoms with van der Waals surface area (Å²) >= 11 is 0. The summed E-state index contributed by atoms with van der Waals surface area (Å²) in [5, 5.41) is 0. The lowest BCUT2D eigenvalue weighted by molar-refractivity contribution is -0.274. The van der Waals surface area contributed by atoms with Crippen LogP contribution in [0.4, 0.5) is 0 Å². The third-order valence-corrected chi connectivity index (χ3v) is 8.70. The van der Waals surface area contributed by atoms with Crippen molar-refractivity contribution >= 4 is 23.7 Å². The minimum atomic E-state index is -1.38. The summed E-state index contributed by atoms with van der Waals surface area (Å²) < 4.78 is 29.6. The van der Waals surface area contributed by atoms with Gasteiger partial charge >= 0.3 is 17.9 Å². The number of rotatable bonds is 5. The molecule has 1 saturated heterocycles. The van der Waals surface area contributed by atoms with E-state index in [0.717, 1.165) is 0 Å². The number of Topliss-reactive ketones (excluding diaryl/α,β-unsaturated/α-hetero) is 1. The maximum Gasteiger partial charge on any atom is 0.341 e. The standard InChI is InChI=1S/C29H32O9/c1-16-13-21(35-17(2)30)23(36-26(33)19-11-12-34-15-19)28(5)24(37-25(32)18-9-7-6-8-10-18)22(31)20-14-29(16,28)38-27(20,3)4/h6-12,15-16,20-21,23-24H,13-14H2,1-5H3/t16-,20+,21-,23+,24+,28+,29+/m1/s1. The lowest BCUT2D eigenvalue weighted by atomic mass is 9.49. The van der Waals surface area contributed by atoms with Gasteiger partial charge in [-0.25, -0.2) is 9.59 Å². The average molecular weight is 525 g/mol. The van der Waals surface area contributed by atoms with Crippen LogP contribution in [-0.4, -0.2) is 53.2 Å². The van der Waals surface area contributed by atoms with Crippen LogP contribution in [0.2, 0.25) is 0 Å². The number of benzene rings is 1. The molecule has 1 aromatic carbocycles. The van der Waals surface area contributed by atoms with Crippen LogP contribution in [0.5, 0.6) is 0 Å². The third-order valence-electron chi connectivity index (χ3n) is 8.70.